The predicted octanol–water partition coefficient (Wildman–Crippen LogP) is 3.56. The van der Waals surface area contributed by atoms with E-state index in [2.05, 4.69) is 136 Å². The molecule has 2 aliphatic rings. The fourth-order valence-corrected chi connectivity index (χ4v) is 11.0. The van der Waals surface area contributed by atoms with Crippen LogP contribution in [0.2, 0.25) is 19.6 Å². The molecule has 0 unspecified atom stereocenters. The van der Waals surface area contributed by atoms with Crippen LogP contribution in [0, 0.1) is 0 Å². The van der Waals surface area contributed by atoms with E-state index < -0.39 is 16.5 Å². The first kappa shape index (κ1) is 22.2. The molecule has 0 aromatic heterocycles. The number of anilines is 1. The van der Waals surface area contributed by atoms with Crippen LogP contribution in [0.25, 0.3) is 11.5 Å². The van der Waals surface area contributed by atoms with Crippen molar-refractivity contribution in [1.82, 2.24) is 19.2 Å². The summed E-state index contributed by atoms with van der Waals surface area (Å²) in [5, 5.41) is 3.96. The van der Waals surface area contributed by atoms with Gasteiger partial charge in [0.05, 0.1) is 6.33 Å². The molecule has 0 saturated carbocycles. The van der Waals surface area contributed by atoms with Crippen molar-refractivity contribution in [3.63, 3.8) is 0 Å². The lowest BCUT2D eigenvalue weighted by molar-refractivity contribution is 0.988. The minimum Gasteiger partial charge on any atom is -0.374 e. The second-order valence-electron chi connectivity index (χ2n) is 9.52. The summed E-state index contributed by atoms with van der Waals surface area (Å²) in [5.74, 6) is 1.78. The smallest absolute Gasteiger partial charge is 0.254 e. The van der Waals surface area contributed by atoms with Gasteiger partial charge < -0.3 is 8.80 Å². The first-order valence-electron chi connectivity index (χ1n) is 11.5. The summed E-state index contributed by atoms with van der Waals surface area (Å²) in [6, 6.07) is 32.8. The predicted molar refractivity (Wildman–Crippen MR) is 146 cm³/mol. The van der Waals surface area contributed by atoms with Crippen LogP contribution in [0.3, 0.4) is 0 Å². The summed E-state index contributed by atoms with van der Waals surface area (Å²) < 4.78 is 4.89. The standard InChI is InChI=1S/C27H29N5Si2/c1-31(27-25-26(29-20-28-25)30-21-32(27)33(2,3)4)34(22-14-8-5-9-15-22,23-16-10-6-11-17-23)24-18-12-7-13-19-24/h5-21H,1-4H3. The maximum atomic E-state index is 4.72. The molecule has 0 bridgehead atoms. The van der Waals surface area contributed by atoms with Gasteiger partial charge in [0.25, 0.3) is 8.24 Å². The lowest BCUT2D eigenvalue weighted by atomic mass is 10.3. The van der Waals surface area contributed by atoms with Crippen molar-refractivity contribution in [2.24, 2.45) is 0 Å². The zero-order valence-electron chi connectivity index (χ0n) is 20.1. The Hall–Kier alpha value is -3.56. The van der Waals surface area contributed by atoms with Gasteiger partial charge >= 0.3 is 0 Å². The molecule has 0 saturated heterocycles. The van der Waals surface area contributed by atoms with Crippen molar-refractivity contribution in [2.75, 3.05) is 11.6 Å². The quantitative estimate of drug-likeness (QED) is 0.276. The molecule has 3 aromatic rings. The number of hydrogen-bond donors (Lipinski definition) is 0. The van der Waals surface area contributed by atoms with Gasteiger partial charge in [0.15, 0.2) is 14.1 Å². The van der Waals surface area contributed by atoms with E-state index in [0.29, 0.717) is 5.82 Å². The number of aromatic nitrogens is 4. The summed E-state index contributed by atoms with van der Waals surface area (Å²) in [4.78, 5) is 13.8. The topological polar surface area (TPSA) is 46.8 Å². The zero-order chi connectivity index (χ0) is 23.8. The Morgan fingerprint density at radius 3 is 1.56 bits per heavy atom. The van der Waals surface area contributed by atoms with E-state index >= 15 is 0 Å². The van der Waals surface area contributed by atoms with Crippen LogP contribution in [-0.2, 0) is 0 Å². The SMILES string of the molecule is CN(c1c2ncnc-2ncn1[Si](C)(C)C)[Si](c1ccccc1)(c1ccccc1)c1ccccc1. The molecular weight excluding hydrogens is 451 g/mol. The van der Waals surface area contributed by atoms with Crippen LogP contribution in [0.15, 0.2) is 104 Å². The number of nitrogens with zero attached hydrogens (tertiary/aromatic N) is 5. The van der Waals surface area contributed by atoms with Crippen LogP contribution < -0.4 is 20.1 Å². The third-order valence-electron chi connectivity index (χ3n) is 6.43. The molecule has 0 fully saturated rings. The molecule has 2 aliphatic heterocycles. The molecule has 0 atom stereocenters. The molecular formula is C27H29N5Si2. The zero-order valence-corrected chi connectivity index (χ0v) is 22.1. The van der Waals surface area contributed by atoms with Gasteiger partial charge in [-0.1, -0.05) is 111 Å². The summed E-state index contributed by atoms with van der Waals surface area (Å²) >= 11 is 0. The van der Waals surface area contributed by atoms with Crippen LogP contribution in [0.1, 0.15) is 0 Å². The van der Waals surface area contributed by atoms with E-state index in [1.165, 1.54) is 15.6 Å². The molecule has 0 amide bonds. The van der Waals surface area contributed by atoms with E-state index in [4.69, 9.17) is 4.98 Å². The number of benzene rings is 3. The molecule has 0 aliphatic carbocycles. The number of rotatable bonds is 6. The van der Waals surface area contributed by atoms with Crippen LogP contribution in [0.4, 0.5) is 5.82 Å². The van der Waals surface area contributed by atoms with Gasteiger partial charge in [0, 0.05) is 7.05 Å². The van der Waals surface area contributed by atoms with E-state index in [9.17, 15) is 0 Å². The number of hydrogen-bond acceptors (Lipinski definition) is 4. The minimum atomic E-state index is -2.73. The van der Waals surface area contributed by atoms with Gasteiger partial charge in [-0.15, -0.1) is 0 Å². The molecule has 7 heteroatoms. The van der Waals surface area contributed by atoms with Crippen molar-refractivity contribution in [3.05, 3.63) is 104 Å². The van der Waals surface area contributed by atoms with E-state index in [0.717, 1.165) is 11.5 Å². The maximum absolute atomic E-state index is 4.72. The largest absolute Gasteiger partial charge is 0.374 e. The lowest BCUT2D eigenvalue weighted by Crippen LogP contribution is -2.77. The third kappa shape index (κ3) is 3.57. The van der Waals surface area contributed by atoms with Gasteiger partial charge in [0.2, 0.25) is 0 Å². The first-order chi connectivity index (χ1) is 16.4. The summed E-state index contributed by atoms with van der Waals surface area (Å²) in [7, 11) is -2.34. The third-order valence-corrected chi connectivity index (χ3v) is 12.9. The number of imidazole rings is 1. The fourth-order valence-electron chi connectivity index (χ4n) is 4.88. The van der Waals surface area contributed by atoms with Crippen LogP contribution >= 0.6 is 0 Å². The Morgan fingerprint density at radius 2 is 1.12 bits per heavy atom. The number of fused-ring (bicyclic) bond motifs is 1. The monoisotopic (exact) mass is 479 g/mol. The highest BCUT2D eigenvalue weighted by Crippen LogP contribution is 2.32. The van der Waals surface area contributed by atoms with Gasteiger partial charge in [0.1, 0.15) is 17.8 Å². The summed E-state index contributed by atoms with van der Waals surface area (Å²) in [6.07, 6.45) is 3.59. The van der Waals surface area contributed by atoms with E-state index in [1.54, 1.807) is 6.33 Å². The summed E-state index contributed by atoms with van der Waals surface area (Å²) in [6.45, 7) is 7.01. The van der Waals surface area contributed by atoms with Gasteiger partial charge in [-0.05, 0) is 15.6 Å². The molecule has 5 nitrogen and oxygen atoms in total. The molecule has 0 radical (unpaired) electrons. The minimum absolute atomic E-state index is 0.688. The van der Waals surface area contributed by atoms with Crippen molar-refractivity contribution in [2.45, 2.75) is 19.6 Å². The van der Waals surface area contributed by atoms with E-state index in [-0.39, 0.29) is 0 Å². The lowest BCUT2D eigenvalue weighted by Gasteiger charge is -2.44. The van der Waals surface area contributed by atoms with Crippen molar-refractivity contribution in [1.29, 1.82) is 0 Å². The Morgan fingerprint density at radius 1 is 0.647 bits per heavy atom. The Kier molecular flexibility index (Phi) is 5.67. The molecule has 0 spiro atoms. The highest BCUT2D eigenvalue weighted by Gasteiger charge is 2.47. The van der Waals surface area contributed by atoms with Crippen molar-refractivity contribution in [3.8, 4) is 11.5 Å². The van der Waals surface area contributed by atoms with Gasteiger partial charge in [-0.3, -0.25) is 0 Å². The molecule has 3 aromatic carbocycles. The highest BCUT2D eigenvalue weighted by molar-refractivity contribution is 7.13. The molecule has 34 heavy (non-hydrogen) atoms. The average Bonchev–Trinajstić information content (AvgIpc) is 3.34. The second-order valence-corrected chi connectivity index (χ2v) is 18.2. The molecule has 2 heterocycles. The highest BCUT2D eigenvalue weighted by atomic mass is 28.3. The average molecular weight is 480 g/mol. The van der Waals surface area contributed by atoms with Crippen molar-refractivity contribution < 1.29 is 0 Å². The van der Waals surface area contributed by atoms with Crippen LogP contribution in [0.5, 0.6) is 0 Å². The molecule has 170 valence electrons. The van der Waals surface area contributed by atoms with Gasteiger partial charge in [-0.25, -0.2) is 15.0 Å². The normalized spacial score (nSPS) is 12.1. The Labute approximate surface area is 203 Å². The Bertz CT molecular complexity index is 1250. The molecule has 5 rings (SSSR count). The first-order valence-corrected chi connectivity index (χ1v) is 16.9. The van der Waals surface area contributed by atoms with Crippen LogP contribution in [-0.4, -0.2) is 42.7 Å². The maximum Gasteiger partial charge on any atom is 0.254 e. The Balaban J connectivity index is 1.91. The van der Waals surface area contributed by atoms with Gasteiger partial charge in [-0.2, -0.15) is 0 Å². The second kappa shape index (κ2) is 8.66. The fraction of sp³-hybridized carbons (Fsp3) is 0.148. The summed E-state index contributed by atoms with van der Waals surface area (Å²) in [5.41, 5.74) is 0.854. The van der Waals surface area contributed by atoms with Crippen molar-refractivity contribution >= 4 is 37.8 Å². The molecule has 0 N–H and O–H groups in total. The van der Waals surface area contributed by atoms with E-state index in [1.807, 2.05) is 6.33 Å².